The largest absolute Gasteiger partial charge is 0.491 e. The molecule has 0 amide bonds. The summed E-state index contributed by atoms with van der Waals surface area (Å²) in [6.45, 7) is 5.26. The summed E-state index contributed by atoms with van der Waals surface area (Å²) in [6, 6.07) is 9.10. The van der Waals surface area contributed by atoms with E-state index >= 15 is 0 Å². The van der Waals surface area contributed by atoms with E-state index in [1.807, 2.05) is 50.1 Å². The Balaban J connectivity index is 2.28. The number of nitrogens with two attached hydrogens (primary N) is 1. The second-order valence-corrected chi connectivity index (χ2v) is 6.11. The van der Waals surface area contributed by atoms with Crippen molar-refractivity contribution in [3.63, 3.8) is 0 Å². The Morgan fingerprint density at radius 2 is 2.04 bits per heavy atom. The number of anilines is 2. The van der Waals surface area contributed by atoms with E-state index in [0.29, 0.717) is 29.3 Å². The van der Waals surface area contributed by atoms with Gasteiger partial charge in [0, 0.05) is 43.7 Å². The highest BCUT2D eigenvalue weighted by Gasteiger charge is 2.13. The predicted molar refractivity (Wildman–Crippen MR) is 102 cm³/mol. The molecule has 134 valence electrons. The number of likely N-dealkylation sites (N-methyl/N-ethyl adjacent to an activating group) is 1. The first-order chi connectivity index (χ1) is 11.9. The first kappa shape index (κ1) is 18.7. The second kappa shape index (κ2) is 8.48. The minimum Gasteiger partial charge on any atom is -0.491 e. The van der Waals surface area contributed by atoms with Gasteiger partial charge in [0.15, 0.2) is 0 Å². The summed E-state index contributed by atoms with van der Waals surface area (Å²) >= 11 is 0. The van der Waals surface area contributed by atoms with Crippen molar-refractivity contribution in [2.75, 3.05) is 37.9 Å². The van der Waals surface area contributed by atoms with Gasteiger partial charge in [0.05, 0.1) is 18.4 Å². The molecule has 25 heavy (non-hydrogen) atoms. The molecule has 1 aromatic heterocycles. The first-order valence-electron chi connectivity index (χ1n) is 8.24. The fourth-order valence-electron chi connectivity index (χ4n) is 2.38. The van der Waals surface area contributed by atoms with Crippen molar-refractivity contribution in [2.24, 2.45) is 0 Å². The van der Waals surface area contributed by atoms with Crippen LogP contribution >= 0.6 is 0 Å². The van der Waals surface area contributed by atoms with Gasteiger partial charge in [-0.15, -0.1) is 0 Å². The fourth-order valence-corrected chi connectivity index (χ4v) is 2.38. The van der Waals surface area contributed by atoms with E-state index in [-0.39, 0.29) is 6.10 Å². The normalized spacial score (nSPS) is 10.8. The molecule has 3 N–H and O–H groups in total. The van der Waals surface area contributed by atoms with Crippen LogP contribution in [-0.4, -0.2) is 44.1 Å². The number of aromatic nitrogens is 1. The van der Waals surface area contributed by atoms with E-state index in [2.05, 4.69) is 4.98 Å². The van der Waals surface area contributed by atoms with Crippen LogP contribution < -0.4 is 15.4 Å². The average Bonchev–Trinajstić information content (AvgIpc) is 2.60. The zero-order valence-electron chi connectivity index (χ0n) is 15.2. The Morgan fingerprint density at radius 1 is 1.28 bits per heavy atom. The standard InChI is InChI=1S/C19H26N4O2/c1-13(2)25-15-5-6-17(20)16(12-15)19(21)14-7-8-22-18(11-14)23(3)9-10-24-4/h5-8,11-13,21H,9-10,20H2,1-4H3. The van der Waals surface area contributed by atoms with Gasteiger partial charge in [-0.1, -0.05) is 0 Å². The number of nitrogen functional groups attached to an aromatic ring is 1. The average molecular weight is 342 g/mol. The maximum Gasteiger partial charge on any atom is 0.128 e. The van der Waals surface area contributed by atoms with Crippen LogP contribution in [0.3, 0.4) is 0 Å². The fraction of sp³-hybridized carbons (Fsp3) is 0.368. The summed E-state index contributed by atoms with van der Waals surface area (Å²) in [5.74, 6) is 1.49. The molecule has 0 spiro atoms. The molecule has 2 aromatic rings. The van der Waals surface area contributed by atoms with Crippen LogP contribution in [-0.2, 0) is 4.74 Å². The minimum absolute atomic E-state index is 0.0626. The Bertz CT molecular complexity index is 731. The van der Waals surface area contributed by atoms with Gasteiger partial charge in [0.25, 0.3) is 0 Å². The molecule has 0 saturated carbocycles. The van der Waals surface area contributed by atoms with Gasteiger partial charge in [-0.25, -0.2) is 4.98 Å². The number of nitrogens with zero attached hydrogens (tertiary/aromatic N) is 2. The van der Waals surface area contributed by atoms with Gasteiger partial charge < -0.3 is 20.1 Å². The lowest BCUT2D eigenvalue weighted by molar-refractivity contribution is 0.206. The van der Waals surface area contributed by atoms with Crippen molar-refractivity contribution in [3.8, 4) is 5.75 Å². The van der Waals surface area contributed by atoms with Crippen molar-refractivity contribution in [1.29, 1.82) is 5.41 Å². The maximum atomic E-state index is 8.56. The maximum absolute atomic E-state index is 8.56. The third-order valence-electron chi connectivity index (χ3n) is 3.72. The highest BCUT2D eigenvalue weighted by atomic mass is 16.5. The number of nitrogens with one attached hydrogen (secondary N) is 1. The second-order valence-electron chi connectivity index (χ2n) is 6.11. The molecule has 0 bridgehead atoms. The lowest BCUT2D eigenvalue weighted by Gasteiger charge is -2.18. The molecule has 2 rings (SSSR count). The van der Waals surface area contributed by atoms with E-state index in [1.165, 1.54) is 0 Å². The van der Waals surface area contributed by atoms with Gasteiger partial charge in [0.1, 0.15) is 11.6 Å². The lowest BCUT2D eigenvalue weighted by Crippen LogP contribution is -2.23. The molecule has 1 aromatic carbocycles. The summed E-state index contributed by atoms with van der Waals surface area (Å²) in [5.41, 5.74) is 8.37. The van der Waals surface area contributed by atoms with E-state index in [9.17, 15) is 0 Å². The smallest absolute Gasteiger partial charge is 0.128 e. The SMILES string of the molecule is COCCN(C)c1cc(C(=N)c2cc(OC(C)C)ccc2N)ccn1. The third kappa shape index (κ3) is 4.93. The molecular weight excluding hydrogens is 316 g/mol. The summed E-state index contributed by atoms with van der Waals surface area (Å²) in [6.07, 6.45) is 1.76. The molecule has 0 atom stereocenters. The zero-order chi connectivity index (χ0) is 18.4. The van der Waals surface area contributed by atoms with Crippen molar-refractivity contribution >= 4 is 17.2 Å². The molecule has 0 aliphatic heterocycles. The third-order valence-corrected chi connectivity index (χ3v) is 3.72. The zero-order valence-corrected chi connectivity index (χ0v) is 15.2. The quantitative estimate of drug-likeness (QED) is 0.569. The molecule has 0 saturated heterocycles. The van der Waals surface area contributed by atoms with Gasteiger partial charge in [0.2, 0.25) is 0 Å². The van der Waals surface area contributed by atoms with E-state index in [4.69, 9.17) is 20.6 Å². The number of methoxy groups -OCH3 is 1. The van der Waals surface area contributed by atoms with Crippen LogP contribution in [0.2, 0.25) is 0 Å². The molecule has 0 aliphatic carbocycles. The molecule has 0 fully saturated rings. The van der Waals surface area contributed by atoms with Crippen molar-refractivity contribution in [1.82, 2.24) is 4.98 Å². The van der Waals surface area contributed by atoms with Gasteiger partial charge in [-0.2, -0.15) is 0 Å². The molecule has 0 unspecified atom stereocenters. The summed E-state index contributed by atoms with van der Waals surface area (Å²) in [4.78, 5) is 6.35. The van der Waals surface area contributed by atoms with E-state index in [1.54, 1.807) is 19.4 Å². The molecule has 6 nitrogen and oxygen atoms in total. The van der Waals surface area contributed by atoms with E-state index < -0.39 is 0 Å². The van der Waals surface area contributed by atoms with Gasteiger partial charge >= 0.3 is 0 Å². The lowest BCUT2D eigenvalue weighted by atomic mass is 10.0. The Labute approximate surface area is 149 Å². The van der Waals surface area contributed by atoms with Crippen LogP contribution in [0, 0.1) is 5.41 Å². The number of benzene rings is 1. The Kier molecular flexibility index (Phi) is 6.36. The summed E-state index contributed by atoms with van der Waals surface area (Å²) in [7, 11) is 3.61. The summed E-state index contributed by atoms with van der Waals surface area (Å²) < 4.78 is 10.8. The first-order valence-corrected chi connectivity index (χ1v) is 8.24. The van der Waals surface area contributed by atoms with Crippen molar-refractivity contribution < 1.29 is 9.47 Å². The van der Waals surface area contributed by atoms with Crippen LogP contribution in [0.5, 0.6) is 5.75 Å². The molecule has 0 radical (unpaired) electrons. The van der Waals surface area contributed by atoms with Gasteiger partial charge in [-0.05, 0) is 44.2 Å². The minimum atomic E-state index is 0.0626. The monoisotopic (exact) mass is 342 g/mol. The van der Waals surface area contributed by atoms with E-state index in [0.717, 1.165) is 17.9 Å². The number of rotatable bonds is 8. The van der Waals surface area contributed by atoms with Gasteiger partial charge in [-0.3, -0.25) is 5.41 Å². The number of ether oxygens (including phenoxy) is 2. The van der Waals surface area contributed by atoms with Crippen molar-refractivity contribution in [3.05, 3.63) is 47.7 Å². The molecule has 1 heterocycles. The Morgan fingerprint density at radius 3 is 2.72 bits per heavy atom. The molecule has 6 heteroatoms. The van der Waals surface area contributed by atoms with Crippen LogP contribution in [0.1, 0.15) is 25.0 Å². The Hall–Kier alpha value is -2.60. The van der Waals surface area contributed by atoms with Crippen LogP contribution in [0.25, 0.3) is 0 Å². The predicted octanol–water partition coefficient (Wildman–Crippen LogP) is 2.95. The van der Waals surface area contributed by atoms with Crippen LogP contribution in [0.4, 0.5) is 11.5 Å². The highest BCUT2D eigenvalue weighted by Crippen LogP contribution is 2.24. The molecule has 0 aliphatic rings. The van der Waals surface area contributed by atoms with Crippen LogP contribution in [0.15, 0.2) is 36.5 Å². The van der Waals surface area contributed by atoms with Crippen molar-refractivity contribution in [2.45, 2.75) is 20.0 Å². The highest BCUT2D eigenvalue weighted by molar-refractivity contribution is 6.14. The number of pyridine rings is 1. The topological polar surface area (TPSA) is 84.5 Å². The number of hydrogen-bond acceptors (Lipinski definition) is 6. The summed E-state index contributed by atoms with van der Waals surface area (Å²) in [5, 5.41) is 8.56. The number of hydrogen-bond donors (Lipinski definition) is 2. The molecular formula is C19H26N4O2.